The molecule has 0 radical (unpaired) electrons. The Morgan fingerprint density at radius 1 is 1.08 bits per heavy atom. The molecule has 2 saturated heterocycles. The van der Waals surface area contributed by atoms with Gasteiger partial charge < -0.3 is 15.0 Å². The average Bonchev–Trinajstić information content (AvgIpc) is 2.60. The summed E-state index contributed by atoms with van der Waals surface area (Å²) in [5.41, 5.74) is 0.479. The maximum atomic E-state index is 13.8. The second kappa shape index (κ2) is 8.87. The molecule has 0 aromatic heterocycles. The van der Waals surface area contributed by atoms with Gasteiger partial charge in [0.1, 0.15) is 0 Å². The van der Waals surface area contributed by atoms with E-state index < -0.39 is 12.4 Å². The second-order valence-electron chi connectivity index (χ2n) is 6.88. The zero-order valence-electron chi connectivity index (χ0n) is 14.4. The molecule has 2 aliphatic heterocycles. The first-order chi connectivity index (χ1) is 12.1. The number of piperazine rings is 1. The first kappa shape index (κ1) is 18.5. The molecule has 0 unspecified atom stereocenters. The fraction of sp³-hybridized carbons (Fsp3) is 0.667. The minimum absolute atomic E-state index is 0.324. The Kier molecular flexibility index (Phi) is 6.56. The number of nitrogens with zero attached hydrogens (tertiary/aromatic N) is 2. The highest BCUT2D eigenvalue weighted by Gasteiger charge is 2.23. The molecular weight excluding hydrogens is 331 g/mol. The molecule has 25 heavy (non-hydrogen) atoms. The van der Waals surface area contributed by atoms with E-state index in [2.05, 4.69) is 19.9 Å². The van der Waals surface area contributed by atoms with Crippen molar-refractivity contribution >= 4 is 0 Å². The molecule has 7 heteroatoms. The van der Waals surface area contributed by atoms with Crippen LogP contribution in [0.3, 0.4) is 0 Å². The lowest BCUT2D eigenvalue weighted by atomic mass is 9.97. The van der Waals surface area contributed by atoms with Crippen LogP contribution in [-0.2, 0) is 6.54 Å². The van der Waals surface area contributed by atoms with E-state index in [1.54, 1.807) is 6.07 Å². The van der Waals surface area contributed by atoms with Crippen LogP contribution in [0.5, 0.6) is 5.75 Å². The summed E-state index contributed by atoms with van der Waals surface area (Å²) in [7, 11) is 0. The van der Waals surface area contributed by atoms with Gasteiger partial charge in [-0.15, -0.1) is 0 Å². The molecule has 0 saturated carbocycles. The standard InChI is InChI=1S/C18H26F3N3O/c19-16-3-1-2-15(17(16)25-18(20)21)13-24-10-8-23(9-11-24)12-14-4-6-22-7-5-14/h1-3,14,18,22H,4-13H2. The lowest BCUT2D eigenvalue weighted by Crippen LogP contribution is -2.48. The van der Waals surface area contributed by atoms with E-state index in [1.807, 2.05) is 0 Å². The van der Waals surface area contributed by atoms with Crippen molar-refractivity contribution in [2.75, 3.05) is 45.8 Å². The van der Waals surface area contributed by atoms with Gasteiger partial charge in [0, 0.05) is 44.8 Å². The van der Waals surface area contributed by atoms with Crippen molar-refractivity contribution < 1.29 is 17.9 Å². The third-order valence-corrected chi connectivity index (χ3v) is 5.09. The predicted molar refractivity (Wildman–Crippen MR) is 90.3 cm³/mol. The summed E-state index contributed by atoms with van der Waals surface area (Å²) in [6.07, 6.45) is 2.47. The Hall–Kier alpha value is -1.31. The van der Waals surface area contributed by atoms with Crippen LogP contribution in [-0.4, -0.2) is 62.2 Å². The van der Waals surface area contributed by atoms with E-state index >= 15 is 0 Å². The number of hydrogen-bond donors (Lipinski definition) is 1. The van der Waals surface area contributed by atoms with E-state index in [4.69, 9.17) is 0 Å². The van der Waals surface area contributed by atoms with Gasteiger partial charge in [-0.05, 0) is 37.9 Å². The summed E-state index contributed by atoms with van der Waals surface area (Å²) < 4.78 is 43.2. The third kappa shape index (κ3) is 5.33. The number of piperidine rings is 1. The van der Waals surface area contributed by atoms with Crippen molar-refractivity contribution in [1.29, 1.82) is 0 Å². The highest BCUT2D eigenvalue weighted by Crippen LogP contribution is 2.26. The van der Waals surface area contributed by atoms with Crippen LogP contribution in [0.4, 0.5) is 13.2 Å². The molecule has 0 atom stereocenters. The predicted octanol–water partition coefficient (Wildman–Crippen LogP) is 2.54. The summed E-state index contributed by atoms with van der Waals surface area (Å²) >= 11 is 0. The van der Waals surface area contributed by atoms with Gasteiger partial charge in [0.2, 0.25) is 0 Å². The zero-order chi connectivity index (χ0) is 17.6. The summed E-state index contributed by atoms with van der Waals surface area (Å²) in [4.78, 5) is 4.65. The Labute approximate surface area is 146 Å². The van der Waals surface area contributed by atoms with E-state index in [0.717, 1.165) is 57.8 Å². The van der Waals surface area contributed by atoms with Crippen molar-refractivity contribution in [2.24, 2.45) is 5.92 Å². The van der Waals surface area contributed by atoms with Gasteiger partial charge in [0.25, 0.3) is 0 Å². The number of nitrogens with one attached hydrogen (secondary N) is 1. The SMILES string of the molecule is Fc1cccc(CN2CCN(CC3CCNCC3)CC2)c1OC(F)F. The van der Waals surface area contributed by atoms with E-state index in [1.165, 1.54) is 18.9 Å². The van der Waals surface area contributed by atoms with Gasteiger partial charge in [-0.2, -0.15) is 8.78 Å². The zero-order valence-corrected chi connectivity index (χ0v) is 14.4. The van der Waals surface area contributed by atoms with Crippen molar-refractivity contribution in [3.05, 3.63) is 29.6 Å². The van der Waals surface area contributed by atoms with Gasteiger partial charge in [0.05, 0.1) is 0 Å². The minimum atomic E-state index is -3.02. The monoisotopic (exact) mass is 357 g/mol. The molecule has 140 valence electrons. The normalized spacial score (nSPS) is 21.0. The number of ether oxygens (including phenoxy) is 1. The van der Waals surface area contributed by atoms with Crippen LogP contribution in [0.15, 0.2) is 18.2 Å². The highest BCUT2D eigenvalue weighted by molar-refractivity contribution is 5.35. The van der Waals surface area contributed by atoms with Crippen molar-refractivity contribution in [2.45, 2.75) is 26.0 Å². The number of benzene rings is 1. The summed E-state index contributed by atoms with van der Waals surface area (Å²) in [5, 5.41) is 3.39. The molecule has 2 heterocycles. The molecule has 1 N–H and O–H groups in total. The molecule has 1 aromatic carbocycles. The van der Waals surface area contributed by atoms with Gasteiger partial charge in [-0.1, -0.05) is 12.1 Å². The number of halogens is 3. The van der Waals surface area contributed by atoms with Gasteiger partial charge in [-0.25, -0.2) is 4.39 Å². The van der Waals surface area contributed by atoms with Crippen molar-refractivity contribution in [3.8, 4) is 5.75 Å². The maximum Gasteiger partial charge on any atom is 0.387 e. The summed E-state index contributed by atoms with van der Waals surface area (Å²) in [5.74, 6) is -0.293. The maximum absolute atomic E-state index is 13.8. The van der Waals surface area contributed by atoms with Crippen LogP contribution in [0, 0.1) is 11.7 Å². The molecule has 0 bridgehead atoms. The van der Waals surface area contributed by atoms with Crippen LogP contribution < -0.4 is 10.1 Å². The lowest BCUT2D eigenvalue weighted by Gasteiger charge is -2.37. The molecule has 0 aliphatic carbocycles. The summed E-state index contributed by atoms with van der Waals surface area (Å²) in [6.45, 7) is 4.40. The molecule has 2 aliphatic rings. The number of para-hydroxylation sites is 1. The largest absolute Gasteiger partial charge is 0.431 e. The second-order valence-corrected chi connectivity index (χ2v) is 6.88. The van der Waals surface area contributed by atoms with Gasteiger partial charge in [-0.3, -0.25) is 4.90 Å². The minimum Gasteiger partial charge on any atom is -0.431 e. The molecule has 0 spiro atoms. The van der Waals surface area contributed by atoms with Crippen molar-refractivity contribution in [1.82, 2.24) is 15.1 Å². The van der Waals surface area contributed by atoms with E-state index in [9.17, 15) is 13.2 Å². The number of alkyl halides is 2. The Morgan fingerprint density at radius 3 is 2.44 bits per heavy atom. The van der Waals surface area contributed by atoms with Crippen LogP contribution in [0.25, 0.3) is 0 Å². The Morgan fingerprint density at radius 2 is 1.76 bits per heavy atom. The topological polar surface area (TPSA) is 27.7 Å². The molecular formula is C18H26F3N3O. The first-order valence-electron chi connectivity index (χ1n) is 8.99. The van der Waals surface area contributed by atoms with Crippen LogP contribution in [0.2, 0.25) is 0 Å². The Balaban J connectivity index is 1.51. The van der Waals surface area contributed by atoms with E-state index in [-0.39, 0.29) is 5.75 Å². The molecule has 4 nitrogen and oxygen atoms in total. The average molecular weight is 357 g/mol. The fourth-order valence-corrected chi connectivity index (χ4v) is 3.70. The van der Waals surface area contributed by atoms with Crippen molar-refractivity contribution in [3.63, 3.8) is 0 Å². The highest BCUT2D eigenvalue weighted by atomic mass is 19.3. The smallest absolute Gasteiger partial charge is 0.387 e. The number of hydrogen-bond acceptors (Lipinski definition) is 4. The Bertz CT molecular complexity index is 544. The van der Waals surface area contributed by atoms with Gasteiger partial charge >= 0.3 is 6.61 Å². The van der Waals surface area contributed by atoms with Gasteiger partial charge in [0.15, 0.2) is 11.6 Å². The van der Waals surface area contributed by atoms with Crippen LogP contribution in [0.1, 0.15) is 18.4 Å². The fourth-order valence-electron chi connectivity index (χ4n) is 3.70. The molecule has 0 amide bonds. The molecule has 1 aromatic rings. The third-order valence-electron chi connectivity index (χ3n) is 5.09. The lowest BCUT2D eigenvalue weighted by molar-refractivity contribution is -0.0532. The molecule has 3 rings (SSSR count). The first-order valence-corrected chi connectivity index (χ1v) is 8.99. The van der Waals surface area contributed by atoms with E-state index in [0.29, 0.717) is 12.1 Å². The summed E-state index contributed by atoms with van der Waals surface area (Å²) in [6, 6.07) is 4.34. The van der Waals surface area contributed by atoms with Crippen LogP contribution >= 0.6 is 0 Å². The molecule has 2 fully saturated rings. The number of rotatable bonds is 6. The quantitative estimate of drug-likeness (QED) is 0.847.